The summed E-state index contributed by atoms with van der Waals surface area (Å²) in [6, 6.07) is 0. The highest BCUT2D eigenvalue weighted by molar-refractivity contribution is 6.30. The van der Waals surface area contributed by atoms with Gasteiger partial charge in [-0.05, 0) is 26.2 Å². The van der Waals surface area contributed by atoms with E-state index in [1.807, 2.05) is 26.0 Å². The van der Waals surface area contributed by atoms with Gasteiger partial charge in [-0.25, -0.2) is 0 Å². The zero-order valence-electron chi connectivity index (χ0n) is 8.33. The number of alkyl halides is 1. The molecule has 0 rings (SSSR count). The monoisotopic (exact) mass is 194 g/mol. The summed E-state index contributed by atoms with van der Waals surface area (Å²) < 4.78 is 0. The van der Waals surface area contributed by atoms with Crippen molar-refractivity contribution in [2.45, 2.75) is 24.0 Å². The van der Waals surface area contributed by atoms with Crippen molar-refractivity contribution in [2.24, 2.45) is 0 Å². The molecule has 11 heavy (non-hydrogen) atoms. The standard InChI is InChI=1S/C7H19ClN2Si/c1-6(2,11)7(8,9-3)10(4)5/h9H,1-5,11H3. The molecule has 1 N–H and O–H groups in total. The fourth-order valence-corrected chi connectivity index (χ4v) is 1.97. The van der Waals surface area contributed by atoms with Gasteiger partial charge in [0.15, 0.2) is 0 Å². The molecule has 1 unspecified atom stereocenters. The lowest BCUT2D eigenvalue weighted by atomic mass is 10.1. The van der Waals surface area contributed by atoms with E-state index in [-0.39, 0.29) is 5.04 Å². The van der Waals surface area contributed by atoms with E-state index >= 15 is 0 Å². The van der Waals surface area contributed by atoms with E-state index in [9.17, 15) is 0 Å². The molecule has 0 aliphatic rings. The van der Waals surface area contributed by atoms with Gasteiger partial charge in [0, 0.05) is 10.2 Å². The molecule has 0 saturated carbocycles. The summed E-state index contributed by atoms with van der Waals surface area (Å²) in [5, 5.41) is 2.89. The maximum atomic E-state index is 6.38. The molecule has 0 aromatic carbocycles. The summed E-state index contributed by atoms with van der Waals surface area (Å²) in [7, 11) is 6.93. The highest BCUT2D eigenvalue weighted by Gasteiger charge is 2.40. The Kier molecular flexibility index (Phi) is 3.57. The van der Waals surface area contributed by atoms with Crippen molar-refractivity contribution in [1.29, 1.82) is 0 Å². The Hall–Kier alpha value is 0.427. The van der Waals surface area contributed by atoms with Crippen molar-refractivity contribution in [2.75, 3.05) is 21.1 Å². The molecule has 0 aliphatic heterocycles. The number of hydrogen-bond donors (Lipinski definition) is 1. The number of rotatable bonds is 3. The van der Waals surface area contributed by atoms with Crippen LogP contribution in [0.3, 0.4) is 0 Å². The van der Waals surface area contributed by atoms with Gasteiger partial charge in [0.2, 0.25) is 0 Å². The molecule has 2 nitrogen and oxygen atoms in total. The van der Waals surface area contributed by atoms with Gasteiger partial charge in [0.25, 0.3) is 0 Å². The maximum Gasteiger partial charge on any atom is 0.150 e. The van der Waals surface area contributed by atoms with Crippen LogP contribution in [0.1, 0.15) is 13.8 Å². The first-order chi connectivity index (χ1) is 4.75. The molecule has 0 fully saturated rings. The molecule has 0 heterocycles. The van der Waals surface area contributed by atoms with Gasteiger partial charge >= 0.3 is 0 Å². The lowest BCUT2D eigenvalue weighted by Crippen LogP contribution is -2.56. The van der Waals surface area contributed by atoms with Crippen LogP contribution in [-0.4, -0.2) is 41.4 Å². The molecule has 0 aromatic heterocycles. The van der Waals surface area contributed by atoms with Crippen LogP contribution < -0.4 is 5.32 Å². The normalized spacial score (nSPS) is 18.8. The van der Waals surface area contributed by atoms with Crippen molar-refractivity contribution in [3.05, 3.63) is 0 Å². The number of nitrogens with zero attached hydrogens (tertiary/aromatic N) is 1. The van der Waals surface area contributed by atoms with E-state index in [2.05, 4.69) is 19.2 Å². The molecule has 0 amide bonds. The summed E-state index contributed by atoms with van der Waals surface area (Å²) in [5.41, 5.74) is 0. The largest absolute Gasteiger partial charge is 0.289 e. The fourth-order valence-electron chi connectivity index (χ4n) is 1.27. The van der Waals surface area contributed by atoms with Crippen molar-refractivity contribution < 1.29 is 0 Å². The lowest BCUT2D eigenvalue weighted by Gasteiger charge is -2.44. The Morgan fingerprint density at radius 3 is 1.73 bits per heavy atom. The number of halogens is 1. The van der Waals surface area contributed by atoms with Crippen LogP contribution in [0.25, 0.3) is 0 Å². The Labute approximate surface area is 77.7 Å². The van der Waals surface area contributed by atoms with Crippen LogP contribution in [-0.2, 0) is 0 Å². The highest BCUT2D eigenvalue weighted by Crippen LogP contribution is 2.38. The number of nitrogens with one attached hydrogen (secondary N) is 1. The van der Waals surface area contributed by atoms with Gasteiger partial charge in [-0.1, -0.05) is 25.4 Å². The highest BCUT2D eigenvalue weighted by atomic mass is 35.5. The van der Waals surface area contributed by atoms with Gasteiger partial charge in [-0.15, -0.1) is 0 Å². The first-order valence-electron chi connectivity index (χ1n) is 3.81. The molecule has 68 valence electrons. The van der Waals surface area contributed by atoms with E-state index in [1.54, 1.807) is 0 Å². The quantitative estimate of drug-likeness (QED) is 0.300. The first kappa shape index (κ1) is 11.4. The average molecular weight is 195 g/mol. The van der Waals surface area contributed by atoms with E-state index < -0.39 is 5.12 Å². The third-order valence-electron chi connectivity index (χ3n) is 1.94. The third-order valence-corrected chi connectivity index (χ3v) is 4.08. The Bertz CT molecular complexity index is 133. The van der Waals surface area contributed by atoms with E-state index in [1.165, 1.54) is 0 Å². The van der Waals surface area contributed by atoms with E-state index in [0.29, 0.717) is 0 Å². The van der Waals surface area contributed by atoms with Crippen molar-refractivity contribution in [3.8, 4) is 0 Å². The van der Waals surface area contributed by atoms with Gasteiger partial charge in [0.1, 0.15) is 5.12 Å². The summed E-state index contributed by atoms with van der Waals surface area (Å²) in [6.07, 6.45) is 0. The Morgan fingerprint density at radius 1 is 1.36 bits per heavy atom. The van der Waals surface area contributed by atoms with Gasteiger partial charge in [0.05, 0.1) is 0 Å². The smallest absolute Gasteiger partial charge is 0.150 e. The fraction of sp³-hybridized carbons (Fsp3) is 1.00. The minimum atomic E-state index is -0.404. The predicted octanol–water partition coefficient (Wildman–Crippen LogP) is 0.224. The molecule has 0 spiro atoms. The van der Waals surface area contributed by atoms with Crippen LogP contribution in [0, 0.1) is 0 Å². The molecule has 0 aliphatic carbocycles. The molecule has 4 heteroatoms. The minimum absolute atomic E-state index is 0.146. The Morgan fingerprint density at radius 2 is 1.73 bits per heavy atom. The van der Waals surface area contributed by atoms with Crippen LogP contribution >= 0.6 is 11.6 Å². The average Bonchev–Trinajstić information content (AvgIpc) is 1.83. The topological polar surface area (TPSA) is 15.3 Å². The molecule has 0 radical (unpaired) electrons. The van der Waals surface area contributed by atoms with Crippen molar-refractivity contribution in [3.63, 3.8) is 0 Å². The van der Waals surface area contributed by atoms with Crippen LogP contribution in [0.15, 0.2) is 0 Å². The van der Waals surface area contributed by atoms with E-state index in [0.717, 1.165) is 10.2 Å². The second kappa shape index (κ2) is 3.43. The van der Waals surface area contributed by atoms with Crippen molar-refractivity contribution >= 4 is 21.8 Å². The summed E-state index contributed by atoms with van der Waals surface area (Å²) in [5.74, 6) is 0. The summed E-state index contributed by atoms with van der Waals surface area (Å²) >= 11 is 6.38. The molecule has 0 bridgehead atoms. The van der Waals surface area contributed by atoms with Crippen LogP contribution in [0.2, 0.25) is 5.04 Å². The summed E-state index contributed by atoms with van der Waals surface area (Å²) in [6.45, 7) is 4.34. The molecular formula is C7H19ClN2Si. The molecular weight excluding hydrogens is 176 g/mol. The zero-order chi connectivity index (χ0) is 9.28. The zero-order valence-corrected chi connectivity index (χ0v) is 11.1. The van der Waals surface area contributed by atoms with Crippen LogP contribution in [0.5, 0.6) is 0 Å². The molecule has 0 aromatic rings. The minimum Gasteiger partial charge on any atom is -0.289 e. The lowest BCUT2D eigenvalue weighted by molar-refractivity contribution is 0.165. The van der Waals surface area contributed by atoms with E-state index in [4.69, 9.17) is 11.6 Å². The second-order valence-electron chi connectivity index (χ2n) is 4.02. The predicted molar refractivity (Wildman–Crippen MR) is 55.3 cm³/mol. The van der Waals surface area contributed by atoms with Gasteiger partial charge < -0.3 is 0 Å². The Balaban J connectivity index is 4.61. The van der Waals surface area contributed by atoms with Gasteiger partial charge in [-0.3, -0.25) is 10.2 Å². The summed E-state index contributed by atoms with van der Waals surface area (Å²) in [4.78, 5) is 2.02. The second-order valence-corrected chi connectivity index (χ2v) is 7.06. The first-order valence-corrected chi connectivity index (χ1v) is 5.18. The molecule has 0 saturated heterocycles. The van der Waals surface area contributed by atoms with Crippen LogP contribution in [0.4, 0.5) is 0 Å². The third kappa shape index (κ3) is 2.18. The van der Waals surface area contributed by atoms with Crippen molar-refractivity contribution in [1.82, 2.24) is 10.2 Å². The van der Waals surface area contributed by atoms with Gasteiger partial charge in [-0.2, -0.15) is 0 Å². The molecule has 1 atom stereocenters. The SMILES string of the molecule is CNC(Cl)(N(C)C)C(C)(C)[SiH3]. The maximum absolute atomic E-state index is 6.38. The number of hydrogen-bond acceptors (Lipinski definition) is 2.